The Labute approximate surface area is 271 Å². The van der Waals surface area contributed by atoms with Crippen molar-refractivity contribution in [3.05, 3.63) is 170 Å². The van der Waals surface area contributed by atoms with Gasteiger partial charge in [0.1, 0.15) is 11.2 Å². The molecule has 47 heavy (non-hydrogen) atoms. The SMILES string of the molecule is c1ccc(-c2cc(-c3c4ccccc4c(-c4ccc5ccccc5c4)c4ccccc34)c3c(c2)oc2cc4ccccc4cc23)cc1. The predicted octanol–water partition coefficient (Wildman–Crippen LogP) is 13.2. The van der Waals surface area contributed by atoms with Crippen LogP contribution in [0.25, 0.3) is 98.4 Å². The van der Waals surface area contributed by atoms with Gasteiger partial charge in [-0.15, -0.1) is 0 Å². The summed E-state index contributed by atoms with van der Waals surface area (Å²) in [4.78, 5) is 0. The lowest BCUT2D eigenvalue weighted by Gasteiger charge is -2.19. The molecule has 0 aliphatic carbocycles. The lowest BCUT2D eigenvalue weighted by atomic mass is 9.84. The van der Waals surface area contributed by atoms with Crippen LogP contribution in [-0.4, -0.2) is 0 Å². The molecule has 0 saturated heterocycles. The van der Waals surface area contributed by atoms with Gasteiger partial charge in [-0.1, -0.05) is 140 Å². The van der Waals surface area contributed by atoms with Crippen molar-refractivity contribution in [2.75, 3.05) is 0 Å². The molecule has 0 aliphatic heterocycles. The quantitative estimate of drug-likeness (QED) is 0.185. The van der Waals surface area contributed by atoms with Crippen molar-refractivity contribution >= 4 is 65.0 Å². The Morgan fingerprint density at radius 2 is 0.851 bits per heavy atom. The van der Waals surface area contributed by atoms with Gasteiger partial charge >= 0.3 is 0 Å². The first kappa shape index (κ1) is 26.1. The van der Waals surface area contributed by atoms with E-state index in [0.29, 0.717) is 0 Å². The second kappa shape index (κ2) is 10.2. The molecule has 0 N–H and O–H groups in total. The molecule has 10 rings (SSSR count). The first-order chi connectivity index (χ1) is 23.3. The molecule has 10 aromatic rings. The molecule has 1 heterocycles. The van der Waals surface area contributed by atoms with E-state index >= 15 is 0 Å². The number of hydrogen-bond donors (Lipinski definition) is 0. The van der Waals surface area contributed by atoms with Gasteiger partial charge in [0.25, 0.3) is 0 Å². The molecule has 1 heteroatoms. The largest absolute Gasteiger partial charge is 0.456 e. The van der Waals surface area contributed by atoms with Crippen molar-refractivity contribution in [1.82, 2.24) is 0 Å². The predicted molar refractivity (Wildman–Crippen MR) is 200 cm³/mol. The van der Waals surface area contributed by atoms with E-state index in [-0.39, 0.29) is 0 Å². The molecule has 0 atom stereocenters. The van der Waals surface area contributed by atoms with Gasteiger partial charge in [0.15, 0.2) is 0 Å². The maximum atomic E-state index is 6.74. The minimum atomic E-state index is 0.901. The molecule has 0 unspecified atom stereocenters. The molecule has 0 amide bonds. The van der Waals surface area contributed by atoms with Crippen molar-refractivity contribution in [2.45, 2.75) is 0 Å². The highest BCUT2D eigenvalue weighted by atomic mass is 16.3. The average Bonchev–Trinajstić information content (AvgIpc) is 3.50. The number of benzene rings is 9. The van der Waals surface area contributed by atoms with Gasteiger partial charge < -0.3 is 4.42 Å². The Balaban J connectivity index is 1.37. The number of hydrogen-bond acceptors (Lipinski definition) is 1. The molecule has 218 valence electrons. The summed E-state index contributed by atoms with van der Waals surface area (Å²) in [6.07, 6.45) is 0. The molecule has 0 radical (unpaired) electrons. The molecular formula is C46H28O. The maximum Gasteiger partial charge on any atom is 0.136 e. The Morgan fingerprint density at radius 1 is 0.298 bits per heavy atom. The zero-order chi connectivity index (χ0) is 30.9. The van der Waals surface area contributed by atoms with E-state index in [9.17, 15) is 0 Å². The van der Waals surface area contributed by atoms with Crippen LogP contribution in [0.15, 0.2) is 174 Å². The highest BCUT2D eigenvalue weighted by Crippen LogP contribution is 2.48. The molecule has 0 saturated carbocycles. The molecule has 9 aromatic carbocycles. The standard InChI is InChI=1S/C46H28O/c1-2-12-29(13-3-1)35-26-41(46-40-25-32-16-6-7-17-33(32)27-42(40)47-43(46)28-35)45-38-20-10-8-18-36(38)44(37-19-9-11-21-39(37)45)34-23-22-30-14-4-5-15-31(30)24-34/h1-28H. The monoisotopic (exact) mass is 596 g/mol. The van der Waals surface area contributed by atoms with E-state index < -0.39 is 0 Å². The van der Waals surface area contributed by atoms with Gasteiger partial charge in [-0.2, -0.15) is 0 Å². The fourth-order valence-corrected chi connectivity index (χ4v) is 7.66. The summed E-state index contributed by atoms with van der Waals surface area (Å²) in [6, 6.07) is 61.6. The Morgan fingerprint density at radius 3 is 1.53 bits per heavy atom. The van der Waals surface area contributed by atoms with Crippen LogP contribution < -0.4 is 0 Å². The van der Waals surface area contributed by atoms with E-state index in [1.54, 1.807) is 0 Å². The summed E-state index contributed by atoms with van der Waals surface area (Å²) in [5, 5.41) is 12.1. The van der Waals surface area contributed by atoms with Crippen LogP contribution in [-0.2, 0) is 0 Å². The second-order valence-corrected chi connectivity index (χ2v) is 12.5. The van der Waals surface area contributed by atoms with Gasteiger partial charge in [0.05, 0.1) is 0 Å². The smallest absolute Gasteiger partial charge is 0.136 e. The molecule has 1 nitrogen and oxygen atoms in total. The number of rotatable bonds is 3. The Bertz CT molecular complexity index is 2780. The van der Waals surface area contributed by atoms with Gasteiger partial charge in [0, 0.05) is 10.8 Å². The van der Waals surface area contributed by atoms with E-state index in [2.05, 4.69) is 170 Å². The van der Waals surface area contributed by atoms with E-state index in [0.717, 1.165) is 27.5 Å². The molecule has 1 aromatic heterocycles. The van der Waals surface area contributed by atoms with Crippen molar-refractivity contribution in [1.29, 1.82) is 0 Å². The molecule has 0 aliphatic rings. The first-order valence-corrected chi connectivity index (χ1v) is 16.2. The first-order valence-electron chi connectivity index (χ1n) is 16.2. The van der Waals surface area contributed by atoms with Crippen molar-refractivity contribution in [3.8, 4) is 33.4 Å². The highest BCUT2D eigenvalue weighted by molar-refractivity contribution is 6.26. The summed E-state index contributed by atoms with van der Waals surface area (Å²) >= 11 is 0. The van der Waals surface area contributed by atoms with Gasteiger partial charge in [0.2, 0.25) is 0 Å². The fourth-order valence-electron chi connectivity index (χ4n) is 7.66. The maximum absolute atomic E-state index is 6.74. The second-order valence-electron chi connectivity index (χ2n) is 12.5. The van der Waals surface area contributed by atoms with Crippen LogP contribution in [0.3, 0.4) is 0 Å². The third-order valence-electron chi connectivity index (χ3n) is 9.79. The molecular weight excluding hydrogens is 569 g/mol. The van der Waals surface area contributed by atoms with Gasteiger partial charge in [-0.25, -0.2) is 0 Å². The zero-order valence-electron chi connectivity index (χ0n) is 25.6. The fraction of sp³-hybridized carbons (Fsp3) is 0. The summed E-state index contributed by atoms with van der Waals surface area (Å²) in [5.41, 5.74) is 9.04. The summed E-state index contributed by atoms with van der Waals surface area (Å²) in [5.74, 6) is 0. The normalized spacial score (nSPS) is 11.8. The van der Waals surface area contributed by atoms with Crippen LogP contribution in [0.2, 0.25) is 0 Å². The van der Waals surface area contributed by atoms with Crippen LogP contribution in [0.5, 0.6) is 0 Å². The van der Waals surface area contributed by atoms with Crippen molar-refractivity contribution in [2.24, 2.45) is 0 Å². The van der Waals surface area contributed by atoms with Crippen LogP contribution in [0.4, 0.5) is 0 Å². The van der Waals surface area contributed by atoms with Crippen molar-refractivity contribution in [3.63, 3.8) is 0 Å². The summed E-state index contributed by atoms with van der Waals surface area (Å²) < 4.78 is 6.74. The van der Waals surface area contributed by atoms with E-state index in [1.807, 2.05) is 0 Å². The van der Waals surface area contributed by atoms with Crippen LogP contribution in [0, 0.1) is 0 Å². The van der Waals surface area contributed by atoms with Crippen LogP contribution >= 0.6 is 0 Å². The number of fused-ring (bicyclic) bond motifs is 7. The zero-order valence-corrected chi connectivity index (χ0v) is 25.6. The third kappa shape index (κ3) is 4.03. The Kier molecular flexibility index (Phi) is 5.64. The number of furan rings is 1. The molecule has 0 bridgehead atoms. The minimum Gasteiger partial charge on any atom is -0.456 e. The Hall–Kier alpha value is -6.18. The topological polar surface area (TPSA) is 13.1 Å². The van der Waals surface area contributed by atoms with Crippen molar-refractivity contribution < 1.29 is 4.42 Å². The molecule has 0 fully saturated rings. The lowest BCUT2D eigenvalue weighted by Crippen LogP contribution is -1.92. The van der Waals surface area contributed by atoms with E-state index in [1.165, 1.54) is 70.9 Å². The van der Waals surface area contributed by atoms with E-state index in [4.69, 9.17) is 4.42 Å². The van der Waals surface area contributed by atoms with Gasteiger partial charge in [-0.05, 0) is 107 Å². The summed E-state index contributed by atoms with van der Waals surface area (Å²) in [6.45, 7) is 0. The highest BCUT2D eigenvalue weighted by Gasteiger charge is 2.22. The summed E-state index contributed by atoms with van der Waals surface area (Å²) in [7, 11) is 0. The average molecular weight is 597 g/mol. The van der Waals surface area contributed by atoms with Gasteiger partial charge in [-0.3, -0.25) is 0 Å². The lowest BCUT2D eigenvalue weighted by molar-refractivity contribution is 0.669. The minimum absolute atomic E-state index is 0.901. The third-order valence-corrected chi connectivity index (χ3v) is 9.79. The molecule has 0 spiro atoms. The van der Waals surface area contributed by atoms with Crippen LogP contribution in [0.1, 0.15) is 0 Å².